The summed E-state index contributed by atoms with van der Waals surface area (Å²) in [5.41, 5.74) is 0.497. The predicted molar refractivity (Wildman–Crippen MR) is 52.9 cm³/mol. The number of carbonyl (C=O) groups excluding carboxylic acids is 1. The standard InChI is InChI=1S/C9H14N4O/c1-10-3-2-4-13-9(14)8-5-11-7-12-6-8/h5-7,10H,2-4H2,1H3,(H,13,14). The fourth-order valence-electron chi connectivity index (χ4n) is 0.985. The maximum atomic E-state index is 11.4. The van der Waals surface area contributed by atoms with E-state index < -0.39 is 0 Å². The Morgan fingerprint density at radius 2 is 2.07 bits per heavy atom. The van der Waals surface area contributed by atoms with E-state index in [1.807, 2.05) is 7.05 Å². The summed E-state index contributed by atoms with van der Waals surface area (Å²) in [5.74, 6) is -0.123. The largest absolute Gasteiger partial charge is 0.352 e. The van der Waals surface area contributed by atoms with Crippen molar-refractivity contribution >= 4 is 5.91 Å². The smallest absolute Gasteiger partial charge is 0.254 e. The lowest BCUT2D eigenvalue weighted by molar-refractivity contribution is 0.0952. The van der Waals surface area contributed by atoms with Crippen molar-refractivity contribution in [2.45, 2.75) is 6.42 Å². The van der Waals surface area contributed by atoms with Gasteiger partial charge in [0.2, 0.25) is 0 Å². The van der Waals surface area contributed by atoms with Crippen molar-refractivity contribution in [3.05, 3.63) is 24.3 Å². The van der Waals surface area contributed by atoms with Crippen molar-refractivity contribution in [1.29, 1.82) is 0 Å². The normalized spacial score (nSPS) is 9.79. The van der Waals surface area contributed by atoms with E-state index in [-0.39, 0.29) is 5.91 Å². The lowest BCUT2D eigenvalue weighted by Gasteiger charge is -2.03. The van der Waals surface area contributed by atoms with Crippen molar-refractivity contribution < 1.29 is 4.79 Å². The van der Waals surface area contributed by atoms with Gasteiger partial charge in [-0.2, -0.15) is 0 Å². The Kier molecular flexibility index (Phi) is 4.57. The predicted octanol–water partition coefficient (Wildman–Crippen LogP) is -0.184. The molecule has 1 rings (SSSR count). The van der Waals surface area contributed by atoms with Crippen LogP contribution in [0, 0.1) is 0 Å². The van der Waals surface area contributed by atoms with Gasteiger partial charge in [0.15, 0.2) is 0 Å². The maximum Gasteiger partial charge on any atom is 0.254 e. The maximum absolute atomic E-state index is 11.4. The molecule has 1 aromatic heterocycles. The first kappa shape index (κ1) is 10.6. The van der Waals surface area contributed by atoms with Gasteiger partial charge in [-0.3, -0.25) is 4.79 Å². The van der Waals surface area contributed by atoms with Crippen molar-refractivity contribution in [3.63, 3.8) is 0 Å². The zero-order valence-electron chi connectivity index (χ0n) is 8.16. The highest BCUT2D eigenvalue weighted by atomic mass is 16.1. The molecule has 0 atom stereocenters. The number of hydrogen-bond acceptors (Lipinski definition) is 4. The second-order valence-corrected chi connectivity index (χ2v) is 2.84. The molecular formula is C9H14N4O. The van der Waals surface area contributed by atoms with Crippen LogP contribution in [0.2, 0.25) is 0 Å². The topological polar surface area (TPSA) is 66.9 Å². The third-order valence-electron chi connectivity index (χ3n) is 1.71. The molecule has 0 spiro atoms. The first-order valence-corrected chi connectivity index (χ1v) is 4.52. The number of amides is 1. The lowest BCUT2D eigenvalue weighted by atomic mass is 10.3. The molecule has 5 heteroatoms. The Morgan fingerprint density at radius 1 is 1.36 bits per heavy atom. The van der Waals surface area contributed by atoms with Crippen molar-refractivity contribution in [2.24, 2.45) is 0 Å². The minimum absolute atomic E-state index is 0.123. The Morgan fingerprint density at radius 3 is 2.71 bits per heavy atom. The average molecular weight is 194 g/mol. The molecular weight excluding hydrogens is 180 g/mol. The highest BCUT2D eigenvalue weighted by Crippen LogP contribution is 1.91. The number of aromatic nitrogens is 2. The fourth-order valence-corrected chi connectivity index (χ4v) is 0.985. The van der Waals surface area contributed by atoms with Gasteiger partial charge in [-0.15, -0.1) is 0 Å². The van der Waals surface area contributed by atoms with E-state index in [0.29, 0.717) is 12.1 Å². The molecule has 76 valence electrons. The molecule has 0 unspecified atom stereocenters. The molecule has 1 amide bonds. The summed E-state index contributed by atoms with van der Waals surface area (Å²) in [7, 11) is 1.88. The summed E-state index contributed by atoms with van der Waals surface area (Å²) in [6.07, 6.45) is 5.31. The Balaban J connectivity index is 2.29. The molecule has 14 heavy (non-hydrogen) atoms. The molecule has 2 N–H and O–H groups in total. The van der Waals surface area contributed by atoms with Gasteiger partial charge >= 0.3 is 0 Å². The Hall–Kier alpha value is -1.49. The van der Waals surface area contributed by atoms with Gasteiger partial charge in [-0.05, 0) is 20.0 Å². The van der Waals surface area contributed by atoms with Gasteiger partial charge < -0.3 is 10.6 Å². The van der Waals surface area contributed by atoms with E-state index in [1.165, 1.54) is 18.7 Å². The van der Waals surface area contributed by atoms with E-state index >= 15 is 0 Å². The highest BCUT2D eigenvalue weighted by Gasteiger charge is 2.03. The van der Waals surface area contributed by atoms with Crippen LogP contribution in [0.3, 0.4) is 0 Å². The van der Waals surface area contributed by atoms with Crippen LogP contribution < -0.4 is 10.6 Å². The quantitative estimate of drug-likeness (QED) is 0.638. The monoisotopic (exact) mass is 194 g/mol. The van der Waals surface area contributed by atoms with Gasteiger partial charge in [0.1, 0.15) is 6.33 Å². The minimum Gasteiger partial charge on any atom is -0.352 e. The summed E-state index contributed by atoms with van der Waals surface area (Å²) in [6.45, 7) is 1.56. The number of hydrogen-bond donors (Lipinski definition) is 2. The van der Waals surface area contributed by atoms with Gasteiger partial charge in [0.05, 0.1) is 5.56 Å². The molecule has 0 aromatic carbocycles. The number of rotatable bonds is 5. The minimum atomic E-state index is -0.123. The van der Waals surface area contributed by atoms with Gasteiger partial charge in [0.25, 0.3) is 5.91 Å². The Bertz CT molecular complexity index is 275. The van der Waals surface area contributed by atoms with E-state index in [2.05, 4.69) is 20.6 Å². The average Bonchev–Trinajstić information content (AvgIpc) is 2.25. The van der Waals surface area contributed by atoms with E-state index in [1.54, 1.807) is 0 Å². The van der Waals surface area contributed by atoms with Crippen LogP contribution in [0.5, 0.6) is 0 Å². The second kappa shape index (κ2) is 6.04. The molecule has 0 aliphatic heterocycles. The first-order chi connectivity index (χ1) is 6.84. The van der Waals surface area contributed by atoms with Crippen molar-refractivity contribution in [2.75, 3.05) is 20.1 Å². The zero-order valence-corrected chi connectivity index (χ0v) is 8.16. The van der Waals surface area contributed by atoms with Crippen LogP contribution >= 0.6 is 0 Å². The molecule has 0 aliphatic carbocycles. The number of nitrogens with zero attached hydrogens (tertiary/aromatic N) is 2. The first-order valence-electron chi connectivity index (χ1n) is 4.52. The van der Waals surface area contributed by atoms with Crippen LogP contribution in [0.1, 0.15) is 16.8 Å². The molecule has 0 bridgehead atoms. The molecule has 0 radical (unpaired) electrons. The van der Waals surface area contributed by atoms with Gasteiger partial charge in [-0.25, -0.2) is 9.97 Å². The molecule has 0 saturated heterocycles. The van der Waals surface area contributed by atoms with Crippen LogP contribution in [-0.2, 0) is 0 Å². The second-order valence-electron chi connectivity index (χ2n) is 2.84. The highest BCUT2D eigenvalue weighted by molar-refractivity contribution is 5.93. The van der Waals surface area contributed by atoms with Crippen molar-refractivity contribution in [3.8, 4) is 0 Å². The van der Waals surface area contributed by atoms with Crippen molar-refractivity contribution in [1.82, 2.24) is 20.6 Å². The Labute approximate surface area is 83.0 Å². The van der Waals surface area contributed by atoms with Crippen LogP contribution in [0.25, 0.3) is 0 Å². The van der Waals surface area contributed by atoms with Gasteiger partial charge in [0, 0.05) is 18.9 Å². The van der Waals surface area contributed by atoms with Crippen LogP contribution in [0.4, 0.5) is 0 Å². The van der Waals surface area contributed by atoms with E-state index in [9.17, 15) is 4.79 Å². The summed E-state index contributed by atoms with van der Waals surface area (Å²) in [5, 5.41) is 5.78. The van der Waals surface area contributed by atoms with Gasteiger partial charge in [-0.1, -0.05) is 0 Å². The summed E-state index contributed by atoms with van der Waals surface area (Å²) >= 11 is 0. The van der Waals surface area contributed by atoms with Crippen LogP contribution in [0.15, 0.2) is 18.7 Å². The molecule has 1 heterocycles. The molecule has 0 fully saturated rings. The van der Waals surface area contributed by atoms with E-state index in [4.69, 9.17) is 0 Å². The number of nitrogens with one attached hydrogen (secondary N) is 2. The number of carbonyl (C=O) groups is 1. The summed E-state index contributed by atoms with van der Waals surface area (Å²) < 4.78 is 0. The molecule has 0 aliphatic rings. The molecule has 1 aromatic rings. The third kappa shape index (κ3) is 3.49. The lowest BCUT2D eigenvalue weighted by Crippen LogP contribution is -2.26. The van der Waals surface area contributed by atoms with E-state index in [0.717, 1.165) is 13.0 Å². The zero-order chi connectivity index (χ0) is 10.2. The summed E-state index contributed by atoms with van der Waals surface area (Å²) in [6, 6.07) is 0. The molecule has 5 nitrogen and oxygen atoms in total. The third-order valence-corrected chi connectivity index (χ3v) is 1.71. The SMILES string of the molecule is CNCCCNC(=O)c1cncnc1. The molecule has 0 saturated carbocycles. The summed E-state index contributed by atoms with van der Waals surface area (Å²) in [4.78, 5) is 18.9. The fraction of sp³-hybridized carbons (Fsp3) is 0.444. The van der Waals surface area contributed by atoms with Crippen LogP contribution in [-0.4, -0.2) is 36.0 Å².